The smallest absolute Gasteiger partial charge is 0.120 e. The SMILES string of the molecule is CC(NCC(O)COc1ccc(C#N)cc1)c1ccco1. The fourth-order valence-electron chi connectivity index (χ4n) is 1.83. The van der Waals surface area contributed by atoms with Crippen molar-refractivity contribution in [3.05, 3.63) is 54.0 Å². The molecule has 2 rings (SSSR count). The van der Waals surface area contributed by atoms with Gasteiger partial charge in [0.25, 0.3) is 0 Å². The van der Waals surface area contributed by atoms with E-state index in [1.807, 2.05) is 25.1 Å². The van der Waals surface area contributed by atoms with Gasteiger partial charge in [0.1, 0.15) is 24.2 Å². The van der Waals surface area contributed by atoms with Gasteiger partial charge in [0.05, 0.1) is 23.9 Å². The maximum Gasteiger partial charge on any atom is 0.120 e. The quantitative estimate of drug-likeness (QED) is 0.816. The average molecular weight is 286 g/mol. The summed E-state index contributed by atoms with van der Waals surface area (Å²) in [6.45, 7) is 2.55. The molecule has 0 amide bonds. The first-order chi connectivity index (χ1) is 10.2. The molecule has 0 aliphatic carbocycles. The number of hydrogen-bond donors (Lipinski definition) is 2. The maximum absolute atomic E-state index is 9.89. The van der Waals surface area contributed by atoms with Gasteiger partial charge in [0.2, 0.25) is 0 Å². The van der Waals surface area contributed by atoms with Crippen molar-refractivity contribution in [1.29, 1.82) is 5.26 Å². The van der Waals surface area contributed by atoms with Gasteiger partial charge in [-0.2, -0.15) is 5.26 Å². The second kappa shape index (κ2) is 7.48. The van der Waals surface area contributed by atoms with E-state index < -0.39 is 6.10 Å². The second-order valence-corrected chi connectivity index (χ2v) is 4.75. The molecule has 2 aromatic rings. The minimum atomic E-state index is -0.627. The molecule has 0 aliphatic heterocycles. The first-order valence-corrected chi connectivity index (χ1v) is 6.77. The van der Waals surface area contributed by atoms with Crippen molar-refractivity contribution in [3.8, 4) is 11.8 Å². The van der Waals surface area contributed by atoms with Gasteiger partial charge in [-0.15, -0.1) is 0 Å². The molecule has 1 aromatic carbocycles. The van der Waals surface area contributed by atoms with E-state index in [-0.39, 0.29) is 12.6 Å². The Kier molecular flexibility index (Phi) is 5.38. The third kappa shape index (κ3) is 4.63. The molecule has 0 radical (unpaired) electrons. The summed E-state index contributed by atoms with van der Waals surface area (Å²) in [6.07, 6.45) is 0.996. The van der Waals surface area contributed by atoms with Gasteiger partial charge in [-0.05, 0) is 43.3 Å². The van der Waals surface area contributed by atoms with E-state index in [9.17, 15) is 5.11 Å². The van der Waals surface area contributed by atoms with E-state index in [0.717, 1.165) is 5.76 Å². The van der Waals surface area contributed by atoms with Crippen LogP contribution in [0.25, 0.3) is 0 Å². The van der Waals surface area contributed by atoms with Crippen LogP contribution in [0.1, 0.15) is 24.3 Å². The lowest BCUT2D eigenvalue weighted by molar-refractivity contribution is 0.103. The Balaban J connectivity index is 1.72. The molecule has 2 atom stereocenters. The standard InChI is InChI=1S/C16H18N2O3/c1-12(16-3-2-8-20-16)18-10-14(19)11-21-15-6-4-13(9-17)5-7-15/h2-8,12,14,18-19H,10-11H2,1H3. The van der Waals surface area contributed by atoms with Gasteiger partial charge in [0.15, 0.2) is 0 Å². The molecule has 5 nitrogen and oxygen atoms in total. The van der Waals surface area contributed by atoms with Crippen molar-refractivity contribution < 1.29 is 14.3 Å². The Morgan fingerprint density at radius 3 is 2.71 bits per heavy atom. The summed E-state index contributed by atoms with van der Waals surface area (Å²) in [4.78, 5) is 0. The monoisotopic (exact) mass is 286 g/mol. The molecule has 0 saturated heterocycles. The third-order valence-corrected chi connectivity index (χ3v) is 3.06. The average Bonchev–Trinajstić information content (AvgIpc) is 3.05. The number of rotatable bonds is 7. The fourth-order valence-corrected chi connectivity index (χ4v) is 1.83. The van der Waals surface area contributed by atoms with Crippen molar-refractivity contribution in [1.82, 2.24) is 5.32 Å². The zero-order chi connectivity index (χ0) is 15.1. The van der Waals surface area contributed by atoms with Crippen LogP contribution in [0.2, 0.25) is 0 Å². The molecule has 0 fully saturated rings. The van der Waals surface area contributed by atoms with Crippen LogP contribution in [-0.4, -0.2) is 24.4 Å². The Hall–Kier alpha value is -2.29. The van der Waals surface area contributed by atoms with E-state index in [1.54, 1.807) is 30.5 Å². The van der Waals surface area contributed by atoms with Crippen LogP contribution in [0.3, 0.4) is 0 Å². The van der Waals surface area contributed by atoms with E-state index in [2.05, 4.69) is 5.32 Å². The number of ether oxygens (including phenoxy) is 1. The largest absolute Gasteiger partial charge is 0.491 e. The number of nitrogens with zero attached hydrogens (tertiary/aromatic N) is 1. The number of nitrogens with one attached hydrogen (secondary N) is 1. The summed E-state index contributed by atoms with van der Waals surface area (Å²) < 4.78 is 10.7. The molecular weight excluding hydrogens is 268 g/mol. The molecule has 0 aliphatic rings. The molecule has 1 heterocycles. The number of furan rings is 1. The second-order valence-electron chi connectivity index (χ2n) is 4.75. The lowest BCUT2D eigenvalue weighted by atomic mass is 10.2. The van der Waals surface area contributed by atoms with Crippen molar-refractivity contribution in [2.45, 2.75) is 19.1 Å². The van der Waals surface area contributed by atoms with Crippen LogP contribution in [0, 0.1) is 11.3 Å². The predicted molar refractivity (Wildman–Crippen MR) is 77.8 cm³/mol. The number of aliphatic hydroxyl groups excluding tert-OH is 1. The normalized spacial score (nSPS) is 13.4. The fraction of sp³-hybridized carbons (Fsp3) is 0.312. The summed E-state index contributed by atoms with van der Waals surface area (Å²) in [6, 6.07) is 12.6. The van der Waals surface area contributed by atoms with Gasteiger partial charge in [-0.3, -0.25) is 0 Å². The zero-order valence-corrected chi connectivity index (χ0v) is 11.8. The highest BCUT2D eigenvalue weighted by Crippen LogP contribution is 2.13. The van der Waals surface area contributed by atoms with Gasteiger partial charge >= 0.3 is 0 Å². The summed E-state index contributed by atoms with van der Waals surface area (Å²) in [5.41, 5.74) is 0.580. The summed E-state index contributed by atoms with van der Waals surface area (Å²) >= 11 is 0. The van der Waals surface area contributed by atoms with Crippen molar-refractivity contribution in [2.24, 2.45) is 0 Å². The molecule has 0 saturated carbocycles. The molecule has 110 valence electrons. The highest BCUT2D eigenvalue weighted by Gasteiger charge is 2.11. The minimum absolute atomic E-state index is 0.0320. The molecule has 0 bridgehead atoms. The summed E-state index contributed by atoms with van der Waals surface area (Å²) in [5, 5.41) is 21.8. The summed E-state index contributed by atoms with van der Waals surface area (Å²) in [7, 11) is 0. The topological polar surface area (TPSA) is 78.4 Å². The van der Waals surface area contributed by atoms with E-state index in [0.29, 0.717) is 17.9 Å². The van der Waals surface area contributed by atoms with Crippen molar-refractivity contribution in [3.63, 3.8) is 0 Å². The number of benzene rings is 1. The molecule has 1 aromatic heterocycles. The van der Waals surface area contributed by atoms with E-state index in [1.165, 1.54) is 0 Å². The maximum atomic E-state index is 9.89. The first-order valence-electron chi connectivity index (χ1n) is 6.77. The van der Waals surface area contributed by atoms with Crippen molar-refractivity contribution >= 4 is 0 Å². The van der Waals surface area contributed by atoms with Gasteiger partial charge in [-0.1, -0.05) is 0 Å². The molecule has 2 N–H and O–H groups in total. The van der Waals surface area contributed by atoms with E-state index in [4.69, 9.17) is 14.4 Å². The van der Waals surface area contributed by atoms with Gasteiger partial charge < -0.3 is 19.6 Å². The number of aliphatic hydroxyl groups is 1. The molecule has 2 unspecified atom stereocenters. The molecule has 5 heteroatoms. The number of hydrogen-bond acceptors (Lipinski definition) is 5. The molecular formula is C16H18N2O3. The Labute approximate surface area is 123 Å². The van der Waals surface area contributed by atoms with Crippen LogP contribution in [0.15, 0.2) is 47.1 Å². The molecule has 21 heavy (non-hydrogen) atoms. The van der Waals surface area contributed by atoms with Gasteiger partial charge in [0, 0.05) is 6.54 Å². The highest BCUT2D eigenvalue weighted by molar-refractivity contribution is 5.34. The van der Waals surface area contributed by atoms with Crippen LogP contribution >= 0.6 is 0 Å². The summed E-state index contributed by atoms with van der Waals surface area (Å²) in [5.74, 6) is 1.46. The van der Waals surface area contributed by atoms with Crippen LogP contribution < -0.4 is 10.1 Å². The van der Waals surface area contributed by atoms with Crippen LogP contribution in [0.5, 0.6) is 5.75 Å². The van der Waals surface area contributed by atoms with E-state index >= 15 is 0 Å². The zero-order valence-electron chi connectivity index (χ0n) is 11.8. The molecule has 0 spiro atoms. The Morgan fingerprint density at radius 2 is 2.10 bits per heavy atom. The van der Waals surface area contributed by atoms with Crippen molar-refractivity contribution in [2.75, 3.05) is 13.2 Å². The third-order valence-electron chi connectivity index (χ3n) is 3.06. The van der Waals surface area contributed by atoms with Crippen LogP contribution in [-0.2, 0) is 0 Å². The first kappa shape index (κ1) is 15.1. The highest BCUT2D eigenvalue weighted by atomic mass is 16.5. The Morgan fingerprint density at radius 1 is 1.33 bits per heavy atom. The lowest BCUT2D eigenvalue weighted by Gasteiger charge is -2.16. The number of nitriles is 1. The Bertz CT molecular complexity index is 573. The predicted octanol–water partition coefficient (Wildman–Crippen LogP) is 2.24. The van der Waals surface area contributed by atoms with Gasteiger partial charge in [-0.25, -0.2) is 0 Å². The minimum Gasteiger partial charge on any atom is -0.491 e. The van der Waals surface area contributed by atoms with Crippen LogP contribution in [0.4, 0.5) is 0 Å². The lowest BCUT2D eigenvalue weighted by Crippen LogP contribution is -2.32.